The molecule has 75 heavy (non-hydrogen) atoms. The third-order valence-electron chi connectivity index (χ3n) is 0.288. The summed E-state index contributed by atoms with van der Waals surface area (Å²) < 4.78 is 24.5. The van der Waals surface area contributed by atoms with E-state index < -0.39 is 15.3 Å². The third kappa shape index (κ3) is 1700. The van der Waals surface area contributed by atoms with Crippen LogP contribution < -0.4 is 329 Å². The Morgan fingerprint density at radius 1 is 0.480 bits per heavy atom. The van der Waals surface area contributed by atoms with Crippen molar-refractivity contribution in [3.05, 3.63) is 50.1 Å². The number of carbonyl (C=O) groups is 2. The Hall–Kier alpha value is 10.4. The molecule has 47 nitrogen and oxygen atoms in total. The summed E-state index contributed by atoms with van der Waals surface area (Å²) in [7, 11) is 0. The van der Waals surface area contributed by atoms with Gasteiger partial charge in [0.05, 0.1) is 0 Å². The molecule has 0 aliphatic rings. The van der Waals surface area contributed by atoms with E-state index in [1.54, 1.807) is 42.1 Å². The van der Waals surface area contributed by atoms with E-state index in [0.717, 1.165) is 25.9 Å². The fourth-order valence-corrected chi connectivity index (χ4v) is 0. The Morgan fingerprint density at radius 2 is 0.520 bits per heavy atom. The Balaban J connectivity index is -0.00000000675. The molecular formula is C8H11Ag10K6N5O42Zn4-2. The van der Waals surface area contributed by atoms with E-state index in [-0.39, 0.29) is 592 Å². The van der Waals surface area contributed by atoms with Crippen LogP contribution in [0.5, 0.6) is 0 Å². The molecule has 0 aliphatic carbocycles. The first-order valence-corrected chi connectivity index (χ1v) is 10.3. The van der Waals surface area contributed by atoms with Gasteiger partial charge in [-0.2, -0.15) is 19.2 Å². The van der Waals surface area contributed by atoms with Gasteiger partial charge in [0.1, 0.15) is 10.7 Å². The van der Waals surface area contributed by atoms with Crippen molar-refractivity contribution in [2.45, 2.75) is 0 Å². The first kappa shape index (κ1) is 230. The second kappa shape index (κ2) is 420. The fraction of sp³-hybridized carbons (Fsp3) is 0. The molecule has 0 heterocycles. The molecule has 0 amide bonds. The van der Waals surface area contributed by atoms with Gasteiger partial charge < -0.3 is 98.0 Å². The molecule has 0 saturated heterocycles. The van der Waals surface area contributed by atoms with Gasteiger partial charge in [-0.25, -0.2) is 21.0 Å². The first-order chi connectivity index (χ1) is 27.3. The van der Waals surface area contributed by atoms with Crippen molar-refractivity contribution in [1.29, 1.82) is 0 Å². The fourth-order valence-electron chi connectivity index (χ4n) is 0. The quantitative estimate of drug-likeness (QED) is 0.0173. The van der Waals surface area contributed by atoms with Crippen LogP contribution in [0.2, 0.25) is 0 Å². The Morgan fingerprint density at radius 3 is 0.520 bits per heavy atom. The van der Waals surface area contributed by atoms with Crippen LogP contribution in [0.3, 0.4) is 0 Å². The van der Waals surface area contributed by atoms with Crippen molar-refractivity contribution >= 4 is 51.1 Å². The van der Waals surface area contributed by atoms with Crippen LogP contribution in [-0.4, -0.2) is 103 Å². The average Bonchev–Trinajstić information content (AvgIpc) is 3.24. The molecule has 0 unspecified atom stereocenters. The third-order valence-corrected chi connectivity index (χ3v) is 0.288. The normalized spacial score (nSPS) is 3.71. The summed E-state index contributed by atoms with van der Waals surface area (Å²) in [6, 6.07) is 0. The molecule has 67 heteroatoms. The molecule has 0 rings (SSSR count). The summed E-state index contributed by atoms with van der Waals surface area (Å²) in [5.41, 5.74) is 0. The topological polar surface area (TPSA) is 752 Å². The Labute approximate surface area is 868 Å². The molecule has 0 spiro atoms. The zero-order valence-electron chi connectivity index (χ0n) is 37.7. The molecule has 0 saturated carbocycles. The summed E-state index contributed by atoms with van der Waals surface area (Å²) >= 11 is 3.52. The van der Waals surface area contributed by atoms with Crippen molar-refractivity contribution in [1.82, 2.24) is 0 Å². The van der Waals surface area contributed by atoms with Gasteiger partial charge in [0.2, 0.25) is 0 Å². The van der Waals surface area contributed by atoms with Crippen LogP contribution in [0.15, 0.2) is 10.7 Å². The first-order valence-electron chi connectivity index (χ1n) is 7.92. The van der Waals surface area contributed by atoms with Gasteiger partial charge in [-0.3, -0.25) is 9.59 Å². The van der Waals surface area contributed by atoms with E-state index in [0.29, 0.717) is 0 Å². The minimum atomic E-state index is -1.50. The minimum Gasteiger partial charge on any atom is 0 e. The maximum atomic E-state index is 8.64. The molecular weight excluding hydrogens is 2410 g/mol. The molecule has 446 valence electrons. The van der Waals surface area contributed by atoms with E-state index in [2.05, 4.69) is 39.3 Å². The van der Waals surface area contributed by atoms with Crippen LogP contribution in [0.25, 0.3) is 0 Å². The van der Waals surface area contributed by atoms with Crippen molar-refractivity contribution in [2.24, 2.45) is 10.7 Å². The van der Waals surface area contributed by atoms with Crippen molar-refractivity contribution in [3.8, 4) is 0 Å². The minimum absolute atomic E-state index is 0. The zero-order valence-corrected chi connectivity index (χ0v) is 81.1. The second-order valence-corrected chi connectivity index (χ2v) is 2.26. The van der Waals surface area contributed by atoms with Gasteiger partial charge in [-0.15, -0.1) is 40.2 Å². The van der Waals surface area contributed by atoms with E-state index in [4.69, 9.17) is 166 Å². The summed E-state index contributed by atoms with van der Waals surface area (Å²) in [4.78, 5) is 161. The second-order valence-electron chi connectivity index (χ2n) is 2.26. The molecule has 7 N–H and O–H groups in total. The molecule has 0 aromatic rings. The van der Waals surface area contributed by atoms with E-state index in [1.807, 2.05) is 0 Å². The van der Waals surface area contributed by atoms with Crippen LogP contribution in [0.4, 0.5) is 0 Å². The molecule has 0 atom stereocenters. The van der Waals surface area contributed by atoms with E-state index >= 15 is 0 Å². The SMILES string of the molecule is O=C=O.O=C=O.O=CO[O-].O=CO[O-].O=NO[O-].O=NO[O-].O=O.O=[C-]OO.O=[C-]OO.O=[C-]OO.O=[C-]OO.O=[N+]([O-])O.O=[N+]([O-])O.O=[N+]([O-])O.[Ag+].[Ag+].[Ag].[Ag].[Ag].[Ag].[Ag].[Ag].[H-].[H-].[K+].[K+].[K+].[K+].[K+].[K+].[O]=[Ag].[O]=[Ag].[O]=[Zn].[Zn].[Zn].[Zn]. The number of hydrogen-bond acceptors (Lipinski definition) is 41. The van der Waals surface area contributed by atoms with Gasteiger partial charge in [0.25, 0.3) is 28.2 Å². The van der Waals surface area contributed by atoms with Gasteiger partial charge in [0, 0.05) is 203 Å². The number of nitrogens with zero attached hydrogens (tertiary/aromatic N) is 5. The smallest absolute Gasteiger partial charge is 0 e. The standard InChI is InChI=1S/2CH2O3.4CHO3.2CO2.10Ag.6K.5HNO3.O2.3O.4Zn.2H/c6*2-1-4-3;2*2-1-3;;;;;;;;;;;;;;;;;2*2-1-4-3;3*2-1(3)4;1-2;;;;;;;;;/h2*1,3H;4*3H;;;;;;;;;;;;;;;;;;;2*3H;3*(H,2,3,4);;;;;;;;;;/q;;4*-1;;;;;;;;;;;8*+1;;;;;;;;;;;;;;2*-1/p-4. The van der Waals surface area contributed by atoms with E-state index in [1.165, 1.54) is 10.7 Å². The predicted octanol–water partition coefficient (Wildman–Crippen LogP) is -27.3. The van der Waals surface area contributed by atoms with Crippen molar-refractivity contribution in [2.75, 3.05) is 0 Å². The number of hydrogen-bond donors (Lipinski definition) is 7. The van der Waals surface area contributed by atoms with Crippen molar-refractivity contribution < 1.29 is 779 Å². The monoisotopic (exact) mass is 2410 g/mol. The van der Waals surface area contributed by atoms with Crippen LogP contribution in [0.1, 0.15) is 2.85 Å². The average molecular weight is 2420 g/mol. The molecule has 0 aromatic heterocycles. The Bertz CT molecular complexity index is 755. The largest absolute Gasteiger partial charge is 0 e. The zero-order chi connectivity index (χ0) is 51.5. The molecule has 0 aliphatic heterocycles. The van der Waals surface area contributed by atoms with Gasteiger partial charge >= 0.3 is 436 Å². The summed E-state index contributed by atoms with van der Waals surface area (Å²) in [5.74, 6) is 0. The van der Waals surface area contributed by atoms with Crippen LogP contribution in [0, 0.1) is 50.1 Å². The predicted molar refractivity (Wildman–Crippen MR) is 113 cm³/mol. The van der Waals surface area contributed by atoms with E-state index in [9.17, 15) is 0 Å². The van der Waals surface area contributed by atoms with Gasteiger partial charge in [-0.1, -0.05) is 0 Å². The molecule has 0 bridgehead atoms. The van der Waals surface area contributed by atoms with Crippen LogP contribution >= 0.6 is 0 Å². The number of rotatable bonds is 8. The van der Waals surface area contributed by atoms with Gasteiger partial charge in [0.15, 0.2) is 0 Å². The molecule has 6 radical (unpaired) electrons. The Kier molecular flexibility index (Phi) is 1290. The number of carbonyl (C=O) groups excluding carboxylic acids is 10. The summed E-state index contributed by atoms with van der Waals surface area (Å²) in [5, 5.41) is 105. The maximum absolute atomic E-state index is 8.64. The summed E-state index contributed by atoms with van der Waals surface area (Å²) in [6.45, 7) is 2.58. The maximum Gasteiger partial charge on any atom is 0 e. The molecule has 0 fully saturated rings. The summed E-state index contributed by atoms with van der Waals surface area (Å²) in [6.07, 6.45) is 0.500. The van der Waals surface area contributed by atoms with Crippen LogP contribution in [-0.2, 0) is 395 Å². The van der Waals surface area contributed by atoms with Crippen molar-refractivity contribution in [3.63, 3.8) is 0 Å². The van der Waals surface area contributed by atoms with Gasteiger partial charge in [-0.05, 0) is 25.9 Å². The molecule has 0 aromatic carbocycles.